The minimum absolute atomic E-state index is 0.906. The van der Waals surface area contributed by atoms with Crippen LogP contribution in [0.5, 0.6) is 0 Å². The van der Waals surface area contributed by atoms with Crippen molar-refractivity contribution < 1.29 is 4.74 Å². The van der Waals surface area contributed by atoms with Gasteiger partial charge in [-0.2, -0.15) is 0 Å². The van der Waals surface area contributed by atoms with E-state index in [4.69, 9.17) is 4.74 Å². The summed E-state index contributed by atoms with van der Waals surface area (Å²) < 4.78 is 5.23. The summed E-state index contributed by atoms with van der Waals surface area (Å²) in [6, 6.07) is 0. The molecule has 2 fully saturated rings. The SMILES string of the molecule is CCN1CCC(C2COC2)CC1. The zero-order valence-electron chi connectivity index (χ0n) is 7.96. The molecule has 2 aliphatic rings. The number of likely N-dealkylation sites (tertiary alicyclic amines) is 1. The molecule has 2 rings (SSSR count). The number of rotatable bonds is 2. The molecular formula is C10H19NO. The molecule has 0 radical (unpaired) electrons. The van der Waals surface area contributed by atoms with Gasteiger partial charge in [0.05, 0.1) is 13.2 Å². The van der Waals surface area contributed by atoms with Crippen LogP contribution in [0.25, 0.3) is 0 Å². The van der Waals surface area contributed by atoms with Crippen molar-refractivity contribution in [2.45, 2.75) is 19.8 Å². The highest BCUT2D eigenvalue weighted by Crippen LogP contribution is 2.29. The number of hydrogen-bond donors (Lipinski definition) is 0. The van der Waals surface area contributed by atoms with Crippen LogP contribution in [0, 0.1) is 11.8 Å². The molecule has 2 aliphatic heterocycles. The first-order valence-corrected chi connectivity index (χ1v) is 5.20. The third-order valence-corrected chi connectivity index (χ3v) is 3.41. The van der Waals surface area contributed by atoms with E-state index in [9.17, 15) is 0 Å². The third-order valence-electron chi connectivity index (χ3n) is 3.41. The fraction of sp³-hybridized carbons (Fsp3) is 1.00. The smallest absolute Gasteiger partial charge is 0.0519 e. The monoisotopic (exact) mass is 169 g/mol. The quantitative estimate of drug-likeness (QED) is 0.619. The van der Waals surface area contributed by atoms with E-state index in [1.54, 1.807) is 0 Å². The topological polar surface area (TPSA) is 12.5 Å². The van der Waals surface area contributed by atoms with E-state index in [2.05, 4.69) is 11.8 Å². The molecular weight excluding hydrogens is 150 g/mol. The van der Waals surface area contributed by atoms with Gasteiger partial charge in [-0.1, -0.05) is 6.92 Å². The van der Waals surface area contributed by atoms with Crippen LogP contribution in [-0.2, 0) is 4.74 Å². The van der Waals surface area contributed by atoms with Crippen molar-refractivity contribution in [2.75, 3.05) is 32.8 Å². The second-order valence-corrected chi connectivity index (χ2v) is 4.07. The van der Waals surface area contributed by atoms with Gasteiger partial charge < -0.3 is 9.64 Å². The van der Waals surface area contributed by atoms with Gasteiger partial charge in [0.1, 0.15) is 0 Å². The van der Waals surface area contributed by atoms with Crippen molar-refractivity contribution in [1.82, 2.24) is 4.90 Å². The number of hydrogen-bond acceptors (Lipinski definition) is 2. The van der Waals surface area contributed by atoms with E-state index in [0.29, 0.717) is 0 Å². The predicted molar refractivity (Wildman–Crippen MR) is 49.1 cm³/mol. The summed E-state index contributed by atoms with van der Waals surface area (Å²) in [6.45, 7) is 8.20. The largest absolute Gasteiger partial charge is 0.381 e. The molecule has 0 aromatic heterocycles. The minimum Gasteiger partial charge on any atom is -0.381 e. The molecule has 0 N–H and O–H groups in total. The zero-order valence-corrected chi connectivity index (χ0v) is 7.96. The van der Waals surface area contributed by atoms with Crippen molar-refractivity contribution >= 4 is 0 Å². The number of nitrogens with zero attached hydrogens (tertiary/aromatic N) is 1. The van der Waals surface area contributed by atoms with Gasteiger partial charge in [0.25, 0.3) is 0 Å². The molecule has 2 nitrogen and oxygen atoms in total. The Bertz CT molecular complexity index is 137. The Hall–Kier alpha value is -0.0800. The molecule has 0 aliphatic carbocycles. The Morgan fingerprint density at radius 3 is 2.25 bits per heavy atom. The lowest BCUT2D eigenvalue weighted by atomic mass is 9.83. The first-order chi connectivity index (χ1) is 5.90. The maximum Gasteiger partial charge on any atom is 0.0519 e. The maximum atomic E-state index is 5.23. The maximum absolute atomic E-state index is 5.23. The van der Waals surface area contributed by atoms with E-state index >= 15 is 0 Å². The summed E-state index contributed by atoms with van der Waals surface area (Å²) in [5, 5.41) is 0. The van der Waals surface area contributed by atoms with Crippen molar-refractivity contribution in [1.29, 1.82) is 0 Å². The second kappa shape index (κ2) is 3.75. The molecule has 0 aromatic rings. The molecule has 0 amide bonds. The van der Waals surface area contributed by atoms with Gasteiger partial charge in [0, 0.05) is 5.92 Å². The highest BCUT2D eigenvalue weighted by atomic mass is 16.5. The Morgan fingerprint density at radius 2 is 1.83 bits per heavy atom. The molecule has 2 saturated heterocycles. The van der Waals surface area contributed by atoms with Gasteiger partial charge in [0.2, 0.25) is 0 Å². The van der Waals surface area contributed by atoms with Crippen LogP contribution < -0.4 is 0 Å². The van der Waals surface area contributed by atoms with Crippen LogP contribution in [0.2, 0.25) is 0 Å². The van der Waals surface area contributed by atoms with Crippen LogP contribution in [0.3, 0.4) is 0 Å². The third kappa shape index (κ3) is 1.64. The lowest BCUT2D eigenvalue weighted by molar-refractivity contribution is -0.0720. The Balaban J connectivity index is 1.74. The van der Waals surface area contributed by atoms with Gasteiger partial charge in [-0.25, -0.2) is 0 Å². The summed E-state index contributed by atoms with van der Waals surface area (Å²) >= 11 is 0. The Morgan fingerprint density at radius 1 is 1.17 bits per heavy atom. The normalized spacial score (nSPS) is 28.8. The number of piperidine rings is 1. The zero-order chi connectivity index (χ0) is 8.39. The standard InChI is InChI=1S/C10H19NO/c1-2-11-5-3-9(4-6-11)10-7-12-8-10/h9-10H,2-8H2,1H3. The molecule has 12 heavy (non-hydrogen) atoms. The summed E-state index contributed by atoms with van der Waals surface area (Å²) in [6.07, 6.45) is 2.81. The van der Waals surface area contributed by atoms with E-state index in [1.165, 1.54) is 32.5 Å². The summed E-state index contributed by atoms with van der Waals surface area (Å²) in [5.74, 6) is 1.88. The van der Waals surface area contributed by atoms with Crippen molar-refractivity contribution in [3.05, 3.63) is 0 Å². The van der Waals surface area contributed by atoms with E-state index in [0.717, 1.165) is 25.0 Å². The van der Waals surface area contributed by atoms with Crippen LogP contribution in [0.4, 0.5) is 0 Å². The van der Waals surface area contributed by atoms with Crippen LogP contribution in [0.1, 0.15) is 19.8 Å². The molecule has 0 bridgehead atoms. The predicted octanol–water partition coefficient (Wildman–Crippen LogP) is 1.36. The molecule has 0 spiro atoms. The van der Waals surface area contributed by atoms with Gasteiger partial charge in [0.15, 0.2) is 0 Å². The summed E-state index contributed by atoms with van der Waals surface area (Å²) in [4.78, 5) is 2.55. The van der Waals surface area contributed by atoms with Crippen LogP contribution >= 0.6 is 0 Å². The van der Waals surface area contributed by atoms with Crippen LogP contribution in [0.15, 0.2) is 0 Å². The van der Waals surface area contributed by atoms with E-state index in [1.807, 2.05) is 0 Å². The lowest BCUT2D eigenvalue weighted by Crippen LogP contribution is -2.41. The summed E-state index contributed by atoms with van der Waals surface area (Å²) in [7, 11) is 0. The molecule has 70 valence electrons. The van der Waals surface area contributed by atoms with Crippen LogP contribution in [-0.4, -0.2) is 37.7 Å². The molecule has 2 heteroatoms. The first kappa shape index (κ1) is 8.52. The van der Waals surface area contributed by atoms with Crippen molar-refractivity contribution in [3.63, 3.8) is 0 Å². The molecule has 0 aromatic carbocycles. The van der Waals surface area contributed by atoms with Crippen molar-refractivity contribution in [3.8, 4) is 0 Å². The number of ether oxygens (including phenoxy) is 1. The minimum atomic E-state index is 0.906. The average molecular weight is 169 g/mol. The lowest BCUT2D eigenvalue weighted by Gasteiger charge is -2.39. The Labute approximate surface area is 74.9 Å². The first-order valence-electron chi connectivity index (χ1n) is 5.20. The molecule has 0 saturated carbocycles. The van der Waals surface area contributed by atoms with Gasteiger partial charge in [-0.15, -0.1) is 0 Å². The fourth-order valence-corrected chi connectivity index (χ4v) is 2.27. The molecule has 0 unspecified atom stereocenters. The van der Waals surface area contributed by atoms with Gasteiger partial charge in [-0.05, 0) is 38.4 Å². The molecule has 2 heterocycles. The van der Waals surface area contributed by atoms with E-state index in [-0.39, 0.29) is 0 Å². The highest BCUT2D eigenvalue weighted by molar-refractivity contribution is 4.80. The van der Waals surface area contributed by atoms with E-state index < -0.39 is 0 Å². The average Bonchev–Trinajstić information content (AvgIpc) is 2.03. The van der Waals surface area contributed by atoms with Crippen molar-refractivity contribution in [2.24, 2.45) is 11.8 Å². The fourth-order valence-electron chi connectivity index (χ4n) is 2.27. The highest BCUT2D eigenvalue weighted by Gasteiger charge is 2.30. The van der Waals surface area contributed by atoms with Gasteiger partial charge >= 0.3 is 0 Å². The Kier molecular flexibility index (Phi) is 2.66. The second-order valence-electron chi connectivity index (χ2n) is 4.07. The van der Waals surface area contributed by atoms with Gasteiger partial charge in [-0.3, -0.25) is 0 Å². The molecule has 0 atom stereocenters. The summed E-state index contributed by atoms with van der Waals surface area (Å²) in [5.41, 5.74) is 0.